The molecule has 2 aromatic rings. The van der Waals surface area contributed by atoms with E-state index in [1.165, 1.54) is 11.6 Å². The largest absolute Gasteiger partial charge is 0.497 e. The van der Waals surface area contributed by atoms with Crippen molar-refractivity contribution in [2.75, 3.05) is 39.8 Å². The second kappa shape index (κ2) is 8.29. The van der Waals surface area contributed by atoms with Crippen LogP contribution < -0.4 is 4.74 Å². The molecule has 1 aliphatic heterocycles. The quantitative estimate of drug-likeness (QED) is 0.573. The summed E-state index contributed by atoms with van der Waals surface area (Å²) in [5.41, 5.74) is 1.26. The monoisotopic (exact) mass is 375 g/mol. The molecular weight excluding hydrogens is 354 g/mol. The smallest absolute Gasteiger partial charge is 0.324 e. The van der Waals surface area contributed by atoms with Crippen LogP contribution in [0.25, 0.3) is 0 Å². The lowest BCUT2D eigenvalue weighted by Crippen LogP contribution is -2.48. The molecule has 0 bridgehead atoms. The highest BCUT2D eigenvalue weighted by Gasteiger charge is 2.24. The van der Waals surface area contributed by atoms with Crippen molar-refractivity contribution in [3.63, 3.8) is 0 Å². The molecule has 0 saturated carbocycles. The van der Waals surface area contributed by atoms with E-state index >= 15 is 0 Å². The maximum atomic E-state index is 12.5. The van der Waals surface area contributed by atoms with Gasteiger partial charge in [0.25, 0.3) is 5.91 Å². The van der Waals surface area contributed by atoms with E-state index in [4.69, 9.17) is 4.74 Å². The maximum Gasteiger partial charge on any atom is 0.324 e. The van der Waals surface area contributed by atoms with Gasteiger partial charge in [0.15, 0.2) is 0 Å². The van der Waals surface area contributed by atoms with Crippen LogP contribution in [0.5, 0.6) is 5.75 Å². The summed E-state index contributed by atoms with van der Waals surface area (Å²) in [6.45, 7) is 3.86. The first-order valence-corrected chi connectivity index (χ1v) is 9.27. The standard InChI is InChI=1S/C18H21N3O4S/c1-25-15-4-2-14(3-5-15)8-9-19-10-12-20(13-11-19)18(22)16-6-7-17(26-16)21(23)24/h2-7H,8-13H2,1H3. The topological polar surface area (TPSA) is 75.9 Å². The molecule has 1 fully saturated rings. The van der Waals surface area contributed by atoms with Crippen molar-refractivity contribution in [3.8, 4) is 5.75 Å². The minimum atomic E-state index is -0.460. The van der Waals surface area contributed by atoms with Gasteiger partial charge in [-0.3, -0.25) is 19.8 Å². The number of carbonyl (C=O) groups excluding carboxylic acids is 1. The molecule has 1 aromatic carbocycles. The van der Waals surface area contributed by atoms with Gasteiger partial charge in [-0.2, -0.15) is 0 Å². The molecular formula is C18H21N3O4S. The molecule has 3 rings (SSSR count). The number of rotatable bonds is 6. The van der Waals surface area contributed by atoms with Crippen molar-refractivity contribution in [2.45, 2.75) is 6.42 Å². The third-order valence-electron chi connectivity index (χ3n) is 4.52. The average molecular weight is 375 g/mol. The van der Waals surface area contributed by atoms with Crippen LogP contribution in [-0.4, -0.2) is 60.5 Å². The van der Waals surface area contributed by atoms with Crippen LogP contribution in [0.2, 0.25) is 0 Å². The van der Waals surface area contributed by atoms with Crippen LogP contribution in [-0.2, 0) is 6.42 Å². The predicted molar refractivity (Wildman–Crippen MR) is 100 cm³/mol. The fourth-order valence-electron chi connectivity index (χ4n) is 2.95. The minimum Gasteiger partial charge on any atom is -0.497 e. The molecule has 0 radical (unpaired) electrons. The van der Waals surface area contributed by atoms with E-state index in [0.29, 0.717) is 18.0 Å². The first-order valence-electron chi connectivity index (χ1n) is 8.45. The zero-order valence-electron chi connectivity index (χ0n) is 14.6. The molecule has 0 aliphatic carbocycles. The average Bonchev–Trinajstić information content (AvgIpc) is 3.17. The third-order valence-corrected chi connectivity index (χ3v) is 5.54. The molecule has 0 unspecified atom stereocenters. The van der Waals surface area contributed by atoms with Gasteiger partial charge in [-0.15, -0.1) is 0 Å². The molecule has 138 valence electrons. The number of hydrogen-bond acceptors (Lipinski definition) is 6. The molecule has 0 atom stereocenters. The molecule has 1 aromatic heterocycles. The van der Waals surface area contributed by atoms with Gasteiger partial charge >= 0.3 is 5.00 Å². The molecule has 8 heteroatoms. The van der Waals surface area contributed by atoms with Crippen LogP contribution in [0.4, 0.5) is 5.00 Å². The maximum absolute atomic E-state index is 12.5. The van der Waals surface area contributed by atoms with E-state index in [2.05, 4.69) is 17.0 Å². The van der Waals surface area contributed by atoms with Gasteiger partial charge in [0, 0.05) is 38.8 Å². The summed E-state index contributed by atoms with van der Waals surface area (Å²) in [5, 5.41) is 10.8. The Balaban J connectivity index is 1.47. The molecule has 2 heterocycles. The second-order valence-electron chi connectivity index (χ2n) is 6.13. The summed E-state index contributed by atoms with van der Waals surface area (Å²) in [6.07, 6.45) is 0.953. The van der Waals surface area contributed by atoms with Crippen molar-refractivity contribution < 1.29 is 14.5 Å². The molecule has 0 spiro atoms. The number of ether oxygens (including phenoxy) is 1. The summed E-state index contributed by atoms with van der Waals surface area (Å²) in [5.74, 6) is 0.743. The molecule has 0 N–H and O–H groups in total. The van der Waals surface area contributed by atoms with Crippen molar-refractivity contribution in [2.24, 2.45) is 0 Å². The zero-order valence-corrected chi connectivity index (χ0v) is 15.4. The number of nitro groups is 1. The van der Waals surface area contributed by atoms with E-state index in [-0.39, 0.29) is 10.9 Å². The number of benzene rings is 1. The van der Waals surface area contributed by atoms with Gasteiger partial charge in [-0.05, 0) is 30.2 Å². The first-order chi connectivity index (χ1) is 12.6. The van der Waals surface area contributed by atoms with Crippen LogP contribution in [0.1, 0.15) is 15.2 Å². The van der Waals surface area contributed by atoms with Crippen LogP contribution >= 0.6 is 11.3 Å². The summed E-state index contributed by atoms with van der Waals surface area (Å²) in [6, 6.07) is 11.0. The van der Waals surface area contributed by atoms with Crippen LogP contribution in [0, 0.1) is 10.1 Å². The summed E-state index contributed by atoms with van der Waals surface area (Å²) >= 11 is 0.940. The number of methoxy groups -OCH3 is 1. The Bertz CT molecular complexity index is 767. The number of hydrogen-bond donors (Lipinski definition) is 0. The predicted octanol–water partition coefficient (Wildman–Crippen LogP) is 2.67. The van der Waals surface area contributed by atoms with Gasteiger partial charge in [0.1, 0.15) is 5.75 Å². The molecule has 1 aliphatic rings. The Morgan fingerprint density at radius 2 is 1.85 bits per heavy atom. The summed E-state index contributed by atoms with van der Waals surface area (Å²) in [7, 11) is 1.66. The zero-order chi connectivity index (χ0) is 18.5. The van der Waals surface area contributed by atoms with E-state index in [1.807, 2.05) is 12.1 Å². The molecule has 1 amide bonds. The molecule has 7 nitrogen and oxygen atoms in total. The minimum absolute atomic E-state index is 0.00600. The Kier molecular flexibility index (Phi) is 5.85. The summed E-state index contributed by atoms with van der Waals surface area (Å²) in [4.78, 5) is 27.3. The van der Waals surface area contributed by atoms with Gasteiger partial charge in [0.2, 0.25) is 0 Å². The lowest BCUT2D eigenvalue weighted by atomic mass is 10.1. The van der Waals surface area contributed by atoms with E-state index < -0.39 is 4.92 Å². The number of nitrogens with zero attached hydrogens (tertiary/aromatic N) is 3. The fourth-order valence-corrected chi connectivity index (χ4v) is 3.74. The van der Waals surface area contributed by atoms with Crippen molar-refractivity contribution in [1.29, 1.82) is 0 Å². The highest BCUT2D eigenvalue weighted by atomic mass is 32.1. The first kappa shape index (κ1) is 18.3. The van der Waals surface area contributed by atoms with Gasteiger partial charge in [0.05, 0.1) is 16.9 Å². The molecule has 1 saturated heterocycles. The number of thiophene rings is 1. The van der Waals surface area contributed by atoms with Crippen molar-refractivity contribution in [3.05, 3.63) is 57.0 Å². The van der Waals surface area contributed by atoms with E-state index in [1.54, 1.807) is 18.1 Å². The highest BCUT2D eigenvalue weighted by molar-refractivity contribution is 7.17. The SMILES string of the molecule is COc1ccc(CCN2CCN(C(=O)c3ccc([N+](=O)[O-])s3)CC2)cc1. The Hall–Kier alpha value is -2.45. The fraction of sp³-hybridized carbons (Fsp3) is 0.389. The van der Waals surface area contributed by atoms with Crippen LogP contribution in [0.3, 0.4) is 0 Å². The van der Waals surface area contributed by atoms with Crippen molar-refractivity contribution >= 4 is 22.2 Å². The summed E-state index contributed by atoms with van der Waals surface area (Å²) < 4.78 is 5.16. The number of amides is 1. The number of piperazine rings is 1. The lowest BCUT2D eigenvalue weighted by molar-refractivity contribution is -0.380. The van der Waals surface area contributed by atoms with Gasteiger partial charge < -0.3 is 9.64 Å². The van der Waals surface area contributed by atoms with Gasteiger partial charge in [-0.1, -0.05) is 23.5 Å². The van der Waals surface area contributed by atoms with Gasteiger partial charge in [-0.25, -0.2) is 0 Å². The highest BCUT2D eigenvalue weighted by Crippen LogP contribution is 2.25. The Morgan fingerprint density at radius 1 is 1.15 bits per heavy atom. The van der Waals surface area contributed by atoms with E-state index in [9.17, 15) is 14.9 Å². The Morgan fingerprint density at radius 3 is 2.42 bits per heavy atom. The van der Waals surface area contributed by atoms with Crippen molar-refractivity contribution in [1.82, 2.24) is 9.80 Å². The normalized spacial score (nSPS) is 15.0. The third kappa shape index (κ3) is 4.39. The van der Waals surface area contributed by atoms with Crippen LogP contribution in [0.15, 0.2) is 36.4 Å². The van der Waals surface area contributed by atoms with E-state index in [0.717, 1.165) is 43.1 Å². The Labute approximate surface area is 155 Å². The second-order valence-corrected chi connectivity index (χ2v) is 7.19. The lowest BCUT2D eigenvalue weighted by Gasteiger charge is -2.34. The molecule has 26 heavy (non-hydrogen) atoms. The number of carbonyl (C=O) groups is 1.